The molecule has 3 rings (SSSR count). The molecule has 0 saturated heterocycles. The van der Waals surface area contributed by atoms with Crippen molar-refractivity contribution >= 4 is 41.5 Å². The Morgan fingerprint density at radius 2 is 1.91 bits per heavy atom. The third-order valence-electron chi connectivity index (χ3n) is 6.24. The lowest BCUT2D eigenvalue weighted by Gasteiger charge is -2.31. The second-order valence-corrected chi connectivity index (χ2v) is 8.56. The minimum Gasteiger partial charge on any atom is -0.354 e. The van der Waals surface area contributed by atoms with Gasteiger partial charge in [-0.15, -0.1) is 34.2 Å². The SMILES string of the molecule is CCN(CC)C(CNC(=NCc1nnc(C)n1C)NC1CCCC1)c1ccccc1Cl.I. The van der Waals surface area contributed by atoms with Crippen LogP contribution in [-0.2, 0) is 13.6 Å². The lowest BCUT2D eigenvalue weighted by molar-refractivity contribution is 0.219. The number of benzene rings is 1. The predicted octanol–water partition coefficient (Wildman–Crippen LogP) is 4.46. The van der Waals surface area contributed by atoms with Crippen molar-refractivity contribution in [3.8, 4) is 0 Å². The fourth-order valence-electron chi connectivity index (χ4n) is 4.19. The van der Waals surface area contributed by atoms with E-state index in [0.29, 0.717) is 12.6 Å². The van der Waals surface area contributed by atoms with Crippen LogP contribution in [0, 0.1) is 6.92 Å². The molecule has 2 N–H and O–H groups in total. The van der Waals surface area contributed by atoms with Crippen molar-refractivity contribution in [3.05, 3.63) is 46.5 Å². The quantitative estimate of drug-likeness (QED) is 0.263. The van der Waals surface area contributed by atoms with Crippen LogP contribution in [0.5, 0.6) is 0 Å². The van der Waals surface area contributed by atoms with E-state index in [1.165, 1.54) is 25.7 Å². The lowest BCUT2D eigenvalue weighted by atomic mass is 10.0. The Morgan fingerprint density at radius 1 is 1.22 bits per heavy atom. The molecule has 178 valence electrons. The topological polar surface area (TPSA) is 70.4 Å². The maximum atomic E-state index is 6.57. The highest BCUT2D eigenvalue weighted by molar-refractivity contribution is 14.0. The molecule has 1 fully saturated rings. The summed E-state index contributed by atoms with van der Waals surface area (Å²) in [5.74, 6) is 2.58. The maximum absolute atomic E-state index is 6.57. The molecule has 1 aromatic carbocycles. The molecule has 0 bridgehead atoms. The Kier molecular flexibility index (Phi) is 11.2. The number of nitrogens with zero attached hydrogens (tertiary/aromatic N) is 5. The van der Waals surface area contributed by atoms with Crippen LogP contribution in [0.2, 0.25) is 5.02 Å². The summed E-state index contributed by atoms with van der Waals surface area (Å²) >= 11 is 6.57. The van der Waals surface area contributed by atoms with Crippen LogP contribution in [0.3, 0.4) is 0 Å². The second-order valence-electron chi connectivity index (χ2n) is 8.15. The van der Waals surface area contributed by atoms with E-state index in [0.717, 1.165) is 47.8 Å². The second kappa shape index (κ2) is 13.3. The van der Waals surface area contributed by atoms with Gasteiger partial charge >= 0.3 is 0 Å². The Labute approximate surface area is 214 Å². The molecule has 1 atom stereocenters. The molecule has 0 spiro atoms. The van der Waals surface area contributed by atoms with E-state index in [1.54, 1.807) is 0 Å². The van der Waals surface area contributed by atoms with Gasteiger partial charge in [0.1, 0.15) is 12.4 Å². The highest BCUT2D eigenvalue weighted by Crippen LogP contribution is 2.27. The van der Waals surface area contributed by atoms with E-state index >= 15 is 0 Å². The molecule has 0 aliphatic heterocycles. The molecule has 1 aliphatic carbocycles. The molecule has 2 aromatic rings. The van der Waals surface area contributed by atoms with E-state index in [2.05, 4.69) is 51.7 Å². The molecule has 0 radical (unpaired) electrons. The van der Waals surface area contributed by atoms with Gasteiger partial charge in [0.05, 0.1) is 6.04 Å². The fourth-order valence-corrected chi connectivity index (χ4v) is 4.46. The molecule has 1 aromatic heterocycles. The monoisotopic (exact) mass is 573 g/mol. The van der Waals surface area contributed by atoms with Crippen molar-refractivity contribution in [1.82, 2.24) is 30.3 Å². The minimum absolute atomic E-state index is 0. The van der Waals surface area contributed by atoms with Crippen molar-refractivity contribution in [2.24, 2.45) is 12.0 Å². The van der Waals surface area contributed by atoms with Crippen molar-refractivity contribution < 1.29 is 0 Å². The number of halogens is 2. The molecular formula is C23H37ClIN7. The van der Waals surface area contributed by atoms with E-state index in [-0.39, 0.29) is 30.0 Å². The number of rotatable bonds is 9. The number of aromatic nitrogens is 3. The molecule has 32 heavy (non-hydrogen) atoms. The van der Waals surface area contributed by atoms with E-state index in [1.807, 2.05) is 30.7 Å². The Hall–Kier alpha value is -1.39. The van der Waals surface area contributed by atoms with Gasteiger partial charge in [-0.25, -0.2) is 4.99 Å². The van der Waals surface area contributed by atoms with Crippen LogP contribution >= 0.6 is 35.6 Å². The zero-order valence-corrected chi connectivity index (χ0v) is 22.7. The first kappa shape index (κ1) is 26.9. The third-order valence-corrected chi connectivity index (χ3v) is 6.58. The Morgan fingerprint density at radius 3 is 2.50 bits per heavy atom. The summed E-state index contributed by atoms with van der Waals surface area (Å²) < 4.78 is 1.99. The normalized spacial score (nSPS) is 15.6. The van der Waals surface area contributed by atoms with Gasteiger partial charge in [0.25, 0.3) is 0 Å². The van der Waals surface area contributed by atoms with Crippen molar-refractivity contribution in [2.45, 2.75) is 65.1 Å². The predicted molar refractivity (Wildman–Crippen MR) is 143 cm³/mol. The number of hydrogen-bond acceptors (Lipinski definition) is 4. The molecule has 1 saturated carbocycles. The van der Waals surface area contributed by atoms with Gasteiger partial charge in [0, 0.05) is 24.7 Å². The Bertz CT molecular complexity index is 860. The van der Waals surface area contributed by atoms with Gasteiger partial charge < -0.3 is 15.2 Å². The van der Waals surface area contributed by atoms with Crippen molar-refractivity contribution in [2.75, 3.05) is 19.6 Å². The largest absolute Gasteiger partial charge is 0.354 e. The first-order valence-corrected chi connectivity index (χ1v) is 11.8. The summed E-state index contributed by atoms with van der Waals surface area (Å²) in [6, 6.07) is 8.76. The maximum Gasteiger partial charge on any atom is 0.191 e. The highest BCUT2D eigenvalue weighted by atomic mass is 127. The van der Waals surface area contributed by atoms with Gasteiger partial charge in [0.2, 0.25) is 0 Å². The summed E-state index contributed by atoms with van der Waals surface area (Å²) in [6.45, 7) is 9.45. The molecule has 9 heteroatoms. The molecule has 1 unspecified atom stereocenters. The number of aryl methyl sites for hydroxylation is 1. The van der Waals surface area contributed by atoms with E-state index < -0.39 is 0 Å². The van der Waals surface area contributed by atoms with Gasteiger partial charge in [0.15, 0.2) is 11.8 Å². The molecule has 7 nitrogen and oxygen atoms in total. The third kappa shape index (κ3) is 7.05. The Balaban J connectivity index is 0.00000363. The minimum atomic E-state index is 0. The number of hydrogen-bond donors (Lipinski definition) is 2. The van der Waals surface area contributed by atoms with Crippen LogP contribution < -0.4 is 10.6 Å². The summed E-state index contributed by atoms with van der Waals surface area (Å²) in [6.07, 6.45) is 4.92. The average molecular weight is 574 g/mol. The zero-order valence-electron chi connectivity index (χ0n) is 19.6. The van der Waals surface area contributed by atoms with Gasteiger partial charge in [-0.05, 0) is 44.5 Å². The van der Waals surface area contributed by atoms with Crippen LogP contribution in [0.4, 0.5) is 0 Å². The number of guanidine groups is 1. The highest BCUT2D eigenvalue weighted by Gasteiger charge is 2.22. The van der Waals surface area contributed by atoms with Crippen molar-refractivity contribution in [3.63, 3.8) is 0 Å². The van der Waals surface area contributed by atoms with Gasteiger partial charge in [-0.2, -0.15) is 0 Å². The van der Waals surface area contributed by atoms with Gasteiger partial charge in [-0.1, -0.05) is 56.5 Å². The summed E-state index contributed by atoms with van der Waals surface area (Å²) in [4.78, 5) is 7.27. The molecule has 0 amide bonds. The molecule has 1 aliphatic rings. The van der Waals surface area contributed by atoms with Crippen LogP contribution in [0.15, 0.2) is 29.3 Å². The first-order valence-electron chi connectivity index (χ1n) is 11.4. The van der Waals surface area contributed by atoms with Crippen LogP contribution in [0.25, 0.3) is 0 Å². The number of aliphatic imine (C=N–C) groups is 1. The first-order chi connectivity index (χ1) is 15.0. The smallest absolute Gasteiger partial charge is 0.191 e. The van der Waals surface area contributed by atoms with E-state index in [4.69, 9.17) is 16.6 Å². The zero-order chi connectivity index (χ0) is 22.2. The molecular weight excluding hydrogens is 537 g/mol. The van der Waals surface area contributed by atoms with Crippen LogP contribution in [-0.4, -0.2) is 51.3 Å². The summed E-state index contributed by atoms with van der Waals surface area (Å²) in [5.41, 5.74) is 1.14. The lowest BCUT2D eigenvalue weighted by Crippen LogP contribution is -2.46. The molecule has 1 heterocycles. The summed E-state index contributed by atoms with van der Waals surface area (Å²) in [7, 11) is 1.98. The van der Waals surface area contributed by atoms with Gasteiger partial charge in [-0.3, -0.25) is 4.90 Å². The fraction of sp³-hybridized carbons (Fsp3) is 0.609. The van der Waals surface area contributed by atoms with Crippen LogP contribution in [0.1, 0.15) is 62.8 Å². The average Bonchev–Trinajstić information content (AvgIpc) is 3.40. The van der Waals surface area contributed by atoms with E-state index in [9.17, 15) is 0 Å². The number of nitrogens with one attached hydrogen (secondary N) is 2. The van der Waals surface area contributed by atoms with Crippen molar-refractivity contribution in [1.29, 1.82) is 0 Å². The summed E-state index contributed by atoms with van der Waals surface area (Å²) in [5, 5.41) is 16.4. The standard InChI is InChI=1S/C23H36ClN7.HI/c1-5-31(6-2)21(19-13-9-10-14-20(19)24)15-25-23(27-18-11-7-8-12-18)26-16-22-29-28-17(3)30(22)4;/h9-10,13-14,18,21H,5-8,11-12,15-16H2,1-4H3,(H2,25,26,27);1H. The number of likely N-dealkylation sites (N-methyl/N-ethyl adjacent to an activating group) is 1.